The van der Waals surface area contributed by atoms with E-state index in [9.17, 15) is 0 Å². The summed E-state index contributed by atoms with van der Waals surface area (Å²) < 4.78 is 0. The van der Waals surface area contributed by atoms with Crippen LogP contribution in [0.3, 0.4) is 0 Å². The molecular formula is C28H46. The minimum absolute atomic E-state index is 0.322. The third kappa shape index (κ3) is 7.82. The average molecular weight is 383 g/mol. The number of benzene rings is 2. The van der Waals surface area contributed by atoms with Crippen LogP contribution in [-0.2, 0) is 10.8 Å². The van der Waals surface area contributed by atoms with Gasteiger partial charge in [0.15, 0.2) is 0 Å². The molecule has 158 valence electrons. The van der Waals surface area contributed by atoms with Crippen LogP contribution in [0.5, 0.6) is 0 Å². The van der Waals surface area contributed by atoms with Crippen molar-refractivity contribution in [3.63, 3.8) is 0 Å². The van der Waals surface area contributed by atoms with Gasteiger partial charge in [-0.15, -0.1) is 0 Å². The molecule has 28 heavy (non-hydrogen) atoms. The molecule has 0 aliphatic heterocycles. The van der Waals surface area contributed by atoms with Crippen LogP contribution in [0.2, 0.25) is 0 Å². The van der Waals surface area contributed by atoms with Crippen molar-refractivity contribution in [2.24, 2.45) is 5.41 Å². The molecule has 0 saturated carbocycles. The highest BCUT2D eigenvalue weighted by Crippen LogP contribution is 2.53. The van der Waals surface area contributed by atoms with Crippen LogP contribution in [0.15, 0.2) is 54.6 Å². The van der Waals surface area contributed by atoms with Crippen molar-refractivity contribution in [1.29, 1.82) is 0 Å². The van der Waals surface area contributed by atoms with Gasteiger partial charge in [-0.05, 0) is 47.1 Å². The molecule has 0 N–H and O–H groups in total. The molecule has 1 aliphatic rings. The second kappa shape index (κ2) is 11.4. The Balaban J connectivity index is 0.000000607. The Kier molecular flexibility index (Phi) is 10.8. The third-order valence-electron chi connectivity index (χ3n) is 4.97. The van der Waals surface area contributed by atoms with E-state index < -0.39 is 0 Å². The molecule has 0 heteroatoms. The largest absolute Gasteiger partial charge is 0.0683 e. The van der Waals surface area contributed by atoms with E-state index in [2.05, 4.69) is 66.7 Å². The predicted molar refractivity (Wildman–Crippen MR) is 129 cm³/mol. The molecule has 1 unspecified atom stereocenters. The van der Waals surface area contributed by atoms with Gasteiger partial charge in [0.05, 0.1) is 0 Å². The van der Waals surface area contributed by atoms with Crippen LogP contribution in [0.4, 0.5) is 0 Å². The molecule has 0 saturated heterocycles. The first-order valence-corrected chi connectivity index (χ1v) is 11.2. The topological polar surface area (TPSA) is 0 Å². The van der Waals surface area contributed by atoms with E-state index in [0.29, 0.717) is 16.2 Å². The second-order valence-corrected chi connectivity index (χ2v) is 9.56. The van der Waals surface area contributed by atoms with Crippen LogP contribution in [0, 0.1) is 12.3 Å². The van der Waals surface area contributed by atoms with Gasteiger partial charge in [0.2, 0.25) is 0 Å². The monoisotopic (exact) mass is 382 g/mol. The molecular weight excluding hydrogens is 336 g/mol. The van der Waals surface area contributed by atoms with Gasteiger partial charge in [-0.25, -0.2) is 0 Å². The van der Waals surface area contributed by atoms with Gasteiger partial charge in [-0.1, -0.05) is 129 Å². The molecule has 0 fully saturated rings. The first kappa shape index (κ1) is 26.4. The molecule has 0 amide bonds. The van der Waals surface area contributed by atoms with Gasteiger partial charge in [0, 0.05) is 0 Å². The Hall–Kier alpha value is -1.56. The Bertz CT molecular complexity index is 627. The molecule has 3 rings (SSSR count). The minimum Gasteiger partial charge on any atom is -0.0683 e. The van der Waals surface area contributed by atoms with Gasteiger partial charge in [-0.3, -0.25) is 0 Å². The van der Waals surface area contributed by atoms with Gasteiger partial charge in [0.1, 0.15) is 0 Å². The SMILES string of the molecule is CC.CC.Cc1ccc2c(c1)C(C)(CC(C)(C)C)CC2(C)C.c1ccccc1. The lowest BCUT2D eigenvalue weighted by Crippen LogP contribution is -2.27. The normalized spacial score (nSPS) is 19.0. The van der Waals surface area contributed by atoms with Crippen LogP contribution in [-0.4, -0.2) is 0 Å². The highest BCUT2D eigenvalue weighted by molar-refractivity contribution is 5.46. The molecule has 0 bridgehead atoms. The summed E-state index contributed by atoms with van der Waals surface area (Å²) in [6, 6.07) is 19.1. The predicted octanol–water partition coefficient (Wildman–Crippen LogP) is 9.11. The maximum atomic E-state index is 2.46. The Labute approximate surface area is 176 Å². The summed E-state index contributed by atoms with van der Waals surface area (Å²) in [6.07, 6.45) is 2.54. The summed E-state index contributed by atoms with van der Waals surface area (Å²) in [5.74, 6) is 0. The highest BCUT2D eigenvalue weighted by Gasteiger charge is 2.45. The molecule has 0 aromatic heterocycles. The van der Waals surface area contributed by atoms with Crippen molar-refractivity contribution in [2.75, 3.05) is 0 Å². The molecule has 0 nitrogen and oxygen atoms in total. The van der Waals surface area contributed by atoms with Crippen LogP contribution in [0.25, 0.3) is 0 Å². The lowest BCUT2D eigenvalue weighted by atomic mass is 9.70. The van der Waals surface area contributed by atoms with E-state index in [-0.39, 0.29) is 0 Å². The molecule has 0 spiro atoms. The van der Waals surface area contributed by atoms with E-state index in [1.54, 1.807) is 11.1 Å². The summed E-state index contributed by atoms with van der Waals surface area (Å²) in [5, 5.41) is 0. The third-order valence-corrected chi connectivity index (χ3v) is 4.97. The number of fused-ring (bicyclic) bond motifs is 1. The quantitative estimate of drug-likeness (QED) is 0.461. The molecule has 0 heterocycles. The number of hydrogen-bond donors (Lipinski definition) is 0. The van der Waals surface area contributed by atoms with Crippen molar-refractivity contribution >= 4 is 0 Å². The van der Waals surface area contributed by atoms with Gasteiger partial charge in [-0.2, -0.15) is 0 Å². The van der Waals surface area contributed by atoms with Crippen molar-refractivity contribution < 1.29 is 0 Å². The fraction of sp³-hybridized carbons (Fsp3) is 0.571. The first-order chi connectivity index (χ1) is 13.0. The average Bonchev–Trinajstić information content (AvgIpc) is 2.83. The molecule has 1 atom stereocenters. The van der Waals surface area contributed by atoms with Crippen molar-refractivity contribution in [2.45, 2.75) is 99.8 Å². The lowest BCUT2D eigenvalue weighted by Gasteiger charge is -2.34. The molecule has 1 aliphatic carbocycles. The molecule has 2 aromatic rings. The van der Waals surface area contributed by atoms with Crippen LogP contribution >= 0.6 is 0 Å². The zero-order valence-electron chi connectivity index (χ0n) is 20.6. The summed E-state index contributed by atoms with van der Waals surface area (Å²) >= 11 is 0. The second-order valence-electron chi connectivity index (χ2n) is 9.56. The van der Waals surface area contributed by atoms with Crippen molar-refractivity contribution in [3.05, 3.63) is 71.3 Å². The van der Waals surface area contributed by atoms with Gasteiger partial charge >= 0.3 is 0 Å². The molecule has 0 radical (unpaired) electrons. The summed E-state index contributed by atoms with van der Waals surface area (Å²) in [7, 11) is 0. The zero-order valence-corrected chi connectivity index (χ0v) is 20.6. The Morgan fingerprint density at radius 1 is 0.750 bits per heavy atom. The number of hydrogen-bond acceptors (Lipinski definition) is 0. The van der Waals surface area contributed by atoms with Crippen LogP contribution in [0.1, 0.15) is 98.8 Å². The molecule has 2 aromatic carbocycles. The summed E-state index contributed by atoms with van der Waals surface area (Å²) in [6.45, 7) is 24.6. The fourth-order valence-corrected chi connectivity index (χ4v) is 4.63. The van der Waals surface area contributed by atoms with Crippen LogP contribution < -0.4 is 0 Å². The minimum atomic E-state index is 0.322. The lowest BCUT2D eigenvalue weighted by molar-refractivity contribution is 0.245. The van der Waals surface area contributed by atoms with Crippen molar-refractivity contribution in [1.82, 2.24) is 0 Å². The zero-order chi connectivity index (χ0) is 22.0. The number of aryl methyl sites for hydroxylation is 1. The number of rotatable bonds is 1. The van der Waals surface area contributed by atoms with E-state index in [1.807, 2.05) is 64.1 Å². The van der Waals surface area contributed by atoms with Gasteiger partial charge < -0.3 is 0 Å². The van der Waals surface area contributed by atoms with E-state index >= 15 is 0 Å². The van der Waals surface area contributed by atoms with Crippen molar-refractivity contribution in [3.8, 4) is 0 Å². The van der Waals surface area contributed by atoms with E-state index in [0.717, 1.165) is 0 Å². The van der Waals surface area contributed by atoms with E-state index in [1.165, 1.54) is 18.4 Å². The smallest absolute Gasteiger partial charge is 0.00590 e. The maximum absolute atomic E-state index is 2.46. The maximum Gasteiger partial charge on any atom is -0.00590 e. The first-order valence-electron chi connectivity index (χ1n) is 11.2. The summed E-state index contributed by atoms with van der Waals surface area (Å²) in [5.41, 5.74) is 5.61. The van der Waals surface area contributed by atoms with Gasteiger partial charge in [0.25, 0.3) is 0 Å². The fourth-order valence-electron chi connectivity index (χ4n) is 4.63. The Morgan fingerprint density at radius 3 is 1.57 bits per heavy atom. The summed E-state index contributed by atoms with van der Waals surface area (Å²) in [4.78, 5) is 0. The van der Waals surface area contributed by atoms with E-state index in [4.69, 9.17) is 0 Å². The highest BCUT2D eigenvalue weighted by atomic mass is 14.5. The Morgan fingerprint density at radius 2 is 1.18 bits per heavy atom. The standard InChI is InChI=1S/C18H28.C6H6.2C2H6/c1-13-8-9-14-15(10-13)18(7,11-16(2,3)4)12-17(14,5)6;1-2-4-6-5-3-1;2*1-2/h8-10H,11-12H2,1-7H3;1-6H;2*1-2H3.